The second-order valence-corrected chi connectivity index (χ2v) is 6.04. The first kappa shape index (κ1) is 11.5. The van der Waals surface area contributed by atoms with E-state index < -0.39 is 10.0 Å². The molecule has 1 fully saturated rings. The largest absolute Gasteiger partial charge is 0.213 e. The van der Waals surface area contributed by atoms with E-state index in [1.165, 1.54) is 12.1 Å². The molecule has 5 heteroatoms. The lowest BCUT2D eigenvalue weighted by Gasteiger charge is -2.17. The molecule has 0 saturated heterocycles. The van der Waals surface area contributed by atoms with Gasteiger partial charge in [-0.1, -0.05) is 12.1 Å². The molecule has 2 rings (SSSR count). The lowest BCUT2D eigenvalue weighted by molar-refractivity contribution is 0.532. The number of hydrogen-bond donors (Lipinski definition) is 1. The Hall–Kier alpha value is -0.940. The van der Waals surface area contributed by atoms with Crippen molar-refractivity contribution >= 4 is 10.0 Å². The van der Waals surface area contributed by atoms with E-state index >= 15 is 0 Å². The van der Waals surface area contributed by atoms with Crippen LogP contribution in [0.2, 0.25) is 0 Å². The average Bonchev–Trinajstić information content (AvgIpc) is 2.97. The molecule has 1 aromatic carbocycles. The van der Waals surface area contributed by atoms with E-state index in [1.54, 1.807) is 12.1 Å². The van der Waals surface area contributed by atoms with Crippen LogP contribution >= 0.6 is 0 Å². The average molecular weight is 243 g/mol. The van der Waals surface area contributed by atoms with Gasteiger partial charge in [0.1, 0.15) is 5.82 Å². The molecule has 0 aromatic heterocycles. The standard InChI is InChI=1S/C11H14FNO2S/c1-16(14,15)13-11(8-2-3-8)9-4-6-10(12)7-5-9/h4-8,11,13H,2-3H2,1H3/t11-/m0/s1. The Bertz CT molecular complexity index is 465. The maximum atomic E-state index is 12.8. The van der Waals surface area contributed by atoms with Crippen molar-refractivity contribution in [3.63, 3.8) is 0 Å². The lowest BCUT2D eigenvalue weighted by atomic mass is 10.0. The zero-order valence-corrected chi connectivity index (χ0v) is 9.80. The molecule has 16 heavy (non-hydrogen) atoms. The third-order valence-corrected chi connectivity index (χ3v) is 3.35. The third kappa shape index (κ3) is 3.02. The Kier molecular flexibility index (Phi) is 2.99. The first-order chi connectivity index (χ1) is 7.46. The molecule has 3 nitrogen and oxygen atoms in total. The second kappa shape index (κ2) is 4.14. The van der Waals surface area contributed by atoms with Crippen molar-refractivity contribution in [3.8, 4) is 0 Å². The van der Waals surface area contributed by atoms with E-state index in [1.807, 2.05) is 0 Å². The van der Waals surface area contributed by atoms with E-state index in [2.05, 4.69) is 4.72 Å². The Balaban J connectivity index is 2.22. The molecule has 1 N–H and O–H groups in total. The van der Waals surface area contributed by atoms with Crippen molar-refractivity contribution in [3.05, 3.63) is 35.6 Å². The molecule has 0 bridgehead atoms. The van der Waals surface area contributed by atoms with Crippen molar-refractivity contribution in [1.82, 2.24) is 4.72 Å². The second-order valence-electron chi connectivity index (χ2n) is 4.26. The predicted molar refractivity (Wildman–Crippen MR) is 59.8 cm³/mol. The highest BCUT2D eigenvalue weighted by Crippen LogP contribution is 2.41. The summed E-state index contributed by atoms with van der Waals surface area (Å²) in [5, 5.41) is 0. The molecule has 1 aliphatic carbocycles. The summed E-state index contributed by atoms with van der Waals surface area (Å²) in [5.41, 5.74) is 0.828. The zero-order valence-electron chi connectivity index (χ0n) is 8.98. The molecule has 0 spiro atoms. The monoisotopic (exact) mass is 243 g/mol. The molecule has 0 aliphatic heterocycles. The Morgan fingerprint density at radius 1 is 1.31 bits per heavy atom. The van der Waals surface area contributed by atoms with Crippen molar-refractivity contribution in [1.29, 1.82) is 0 Å². The van der Waals surface area contributed by atoms with Gasteiger partial charge in [-0.05, 0) is 36.5 Å². The minimum absolute atomic E-state index is 0.212. The SMILES string of the molecule is CS(=O)(=O)N[C@H](c1ccc(F)cc1)C1CC1. The maximum Gasteiger partial charge on any atom is 0.209 e. The quantitative estimate of drug-likeness (QED) is 0.877. The van der Waals surface area contributed by atoms with Crippen molar-refractivity contribution in [2.45, 2.75) is 18.9 Å². The van der Waals surface area contributed by atoms with Gasteiger partial charge in [-0.2, -0.15) is 0 Å². The van der Waals surface area contributed by atoms with Crippen LogP contribution in [0.4, 0.5) is 4.39 Å². The van der Waals surface area contributed by atoms with E-state index in [0.717, 1.165) is 24.7 Å². The van der Waals surface area contributed by atoms with Crippen LogP contribution in [0.5, 0.6) is 0 Å². The number of hydrogen-bond acceptors (Lipinski definition) is 2. The van der Waals surface area contributed by atoms with Crippen LogP contribution in [0, 0.1) is 11.7 Å². The van der Waals surface area contributed by atoms with E-state index in [4.69, 9.17) is 0 Å². The number of halogens is 1. The zero-order chi connectivity index (χ0) is 11.8. The topological polar surface area (TPSA) is 46.2 Å². The summed E-state index contributed by atoms with van der Waals surface area (Å²) in [5.74, 6) is 0.0397. The van der Waals surface area contributed by atoms with E-state index in [-0.39, 0.29) is 11.9 Å². The minimum atomic E-state index is -3.23. The highest BCUT2D eigenvalue weighted by Gasteiger charge is 2.33. The van der Waals surface area contributed by atoms with Crippen molar-refractivity contribution in [2.75, 3.05) is 6.26 Å². The van der Waals surface area contributed by atoms with Crippen LogP contribution in [0.15, 0.2) is 24.3 Å². The molecule has 1 aliphatic rings. The minimum Gasteiger partial charge on any atom is -0.213 e. The lowest BCUT2D eigenvalue weighted by Crippen LogP contribution is -2.28. The number of sulfonamides is 1. The smallest absolute Gasteiger partial charge is 0.209 e. The van der Waals surface area contributed by atoms with Crippen LogP contribution in [0.1, 0.15) is 24.4 Å². The molecule has 0 radical (unpaired) electrons. The molecule has 1 atom stereocenters. The summed E-state index contributed by atoms with van der Waals surface area (Å²) >= 11 is 0. The molecule has 0 amide bonds. The number of rotatable bonds is 4. The third-order valence-electron chi connectivity index (χ3n) is 2.66. The molecule has 88 valence electrons. The van der Waals surface area contributed by atoms with Gasteiger partial charge in [0, 0.05) is 6.04 Å². The molecule has 0 heterocycles. The molecular weight excluding hydrogens is 229 g/mol. The highest BCUT2D eigenvalue weighted by molar-refractivity contribution is 7.88. The maximum absolute atomic E-state index is 12.8. The summed E-state index contributed by atoms with van der Waals surface area (Å²) in [6.45, 7) is 0. The fourth-order valence-electron chi connectivity index (χ4n) is 1.77. The summed E-state index contributed by atoms with van der Waals surface area (Å²) < 4.78 is 37.8. The van der Waals surface area contributed by atoms with Crippen LogP contribution in [-0.4, -0.2) is 14.7 Å². The Labute approximate surface area is 94.7 Å². The predicted octanol–water partition coefficient (Wildman–Crippen LogP) is 1.83. The number of benzene rings is 1. The van der Waals surface area contributed by atoms with E-state index in [0.29, 0.717) is 5.92 Å². The van der Waals surface area contributed by atoms with Crippen LogP contribution in [-0.2, 0) is 10.0 Å². The van der Waals surface area contributed by atoms with Gasteiger partial charge in [-0.25, -0.2) is 17.5 Å². The van der Waals surface area contributed by atoms with Gasteiger partial charge in [-0.3, -0.25) is 0 Å². The van der Waals surface area contributed by atoms with Crippen molar-refractivity contribution < 1.29 is 12.8 Å². The normalized spacial score (nSPS) is 18.4. The van der Waals surface area contributed by atoms with Gasteiger partial charge < -0.3 is 0 Å². The Morgan fingerprint density at radius 3 is 2.31 bits per heavy atom. The fraction of sp³-hybridized carbons (Fsp3) is 0.455. The Morgan fingerprint density at radius 2 is 1.88 bits per heavy atom. The van der Waals surface area contributed by atoms with Crippen LogP contribution < -0.4 is 4.72 Å². The van der Waals surface area contributed by atoms with Gasteiger partial charge >= 0.3 is 0 Å². The first-order valence-corrected chi connectivity index (χ1v) is 7.07. The van der Waals surface area contributed by atoms with Crippen molar-refractivity contribution in [2.24, 2.45) is 5.92 Å². The summed E-state index contributed by atoms with van der Waals surface area (Å²) in [4.78, 5) is 0. The van der Waals surface area contributed by atoms with Gasteiger partial charge in [0.2, 0.25) is 10.0 Å². The molecule has 0 unspecified atom stereocenters. The highest BCUT2D eigenvalue weighted by atomic mass is 32.2. The summed E-state index contributed by atoms with van der Waals surface area (Å²) in [6.07, 6.45) is 3.18. The number of nitrogens with one attached hydrogen (secondary N) is 1. The fourth-order valence-corrected chi connectivity index (χ4v) is 2.56. The summed E-state index contributed by atoms with van der Waals surface area (Å²) in [7, 11) is -3.23. The van der Waals surface area contributed by atoms with Gasteiger partial charge in [-0.15, -0.1) is 0 Å². The van der Waals surface area contributed by atoms with Crippen LogP contribution in [0.3, 0.4) is 0 Å². The van der Waals surface area contributed by atoms with Gasteiger partial charge in [0.25, 0.3) is 0 Å². The summed E-state index contributed by atoms with van der Waals surface area (Å²) in [6, 6.07) is 5.77. The van der Waals surface area contributed by atoms with Crippen LogP contribution in [0.25, 0.3) is 0 Å². The molecular formula is C11H14FNO2S. The molecule has 1 saturated carbocycles. The first-order valence-electron chi connectivity index (χ1n) is 5.18. The van der Waals surface area contributed by atoms with E-state index in [9.17, 15) is 12.8 Å². The van der Waals surface area contributed by atoms with Gasteiger partial charge in [0.05, 0.1) is 6.26 Å². The van der Waals surface area contributed by atoms with Gasteiger partial charge in [0.15, 0.2) is 0 Å². The molecule has 1 aromatic rings.